The second-order valence-electron chi connectivity index (χ2n) is 19.4. The summed E-state index contributed by atoms with van der Waals surface area (Å²) < 4.78 is 21.9. The number of hydrogen-bond acceptors (Lipinski definition) is 8. The lowest BCUT2D eigenvalue weighted by Crippen LogP contribution is -2.66. The van der Waals surface area contributed by atoms with Gasteiger partial charge in [-0.1, -0.05) is 88.1 Å². The van der Waals surface area contributed by atoms with Crippen LogP contribution in [0.2, 0.25) is 54.4 Å². The summed E-state index contributed by atoms with van der Waals surface area (Å²) in [5.41, 5.74) is 1.05. The maximum atomic E-state index is 11.6. The molecular weight excluding hydrogens is 679 g/mol. The van der Waals surface area contributed by atoms with Crippen molar-refractivity contribution in [2.45, 2.75) is 174 Å². The Morgan fingerprint density at radius 1 is 0.840 bits per heavy atom. The standard InChI is InChI=1S/C38H75N3O6Si3/c1-29-26-40(24-20-18-17-19-23-39-31-22-21-30(27-42)25-32(31)41(43)44)33(28-45-48(11,12)36(2,3)4)35(47-50(15,16)38(8,9)10)34(29)46-49(13,14)37(5,6)7/h21-22,25,29,33-35,39,42H,17-20,23-24,26-28H2,1-16H3/t29-,33+,34+,35+/m0/s1. The van der Waals surface area contributed by atoms with E-state index >= 15 is 0 Å². The van der Waals surface area contributed by atoms with E-state index in [1.807, 2.05) is 0 Å². The zero-order valence-electron chi connectivity index (χ0n) is 34.8. The summed E-state index contributed by atoms with van der Waals surface area (Å²) in [5.74, 6) is 0.320. The van der Waals surface area contributed by atoms with Gasteiger partial charge in [-0.2, -0.15) is 0 Å². The smallest absolute Gasteiger partial charge is 0.292 e. The van der Waals surface area contributed by atoms with Crippen LogP contribution in [0.4, 0.5) is 11.4 Å². The third kappa shape index (κ3) is 11.9. The summed E-state index contributed by atoms with van der Waals surface area (Å²) in [5, 5.41) is 24.5. The third-order valence-electron chi connectivity index (χ3n) is 12.3. The van der Waals surface area contributed by atoms with Crippen molar-refractivity contribution in [1.82, 2.24) is 4.90 Å². The predicted octanol–water partition coefficient (Wildman–Crippen LogP) is 10.2. The molecule has 1 fully saturated rings. The molecule has 2 N–H and O–H groups in total. The van der Waals surface area contributed by atoms with Gasteiger partial charge < -0.3 is 23.7 Å². The lowest BCUT2D eigenvalue weighted by Gasteiger charge is -2.54. The first-order valence-corrected chi connectivity index (χ1v) is 27.7. The van der Waals surface area contributed by atoms with Gasteiger partial charge in [-0.15, -0.1) is 0 Å². The molecule has 0 amide bonds. The van der Waals surface area contributed by atoms with Crippen molar-refractivity contribution in [3.8, 4) is 0 Å². The van der Waals surface area contributed by atoms with Crippen molar-refractivity contribution >= 4 is 36.3 Å². The second kappa shape index (κ2) is 17.3. The molecule has 1 aromatic carbocycles. The first-order valence-electron chi connectivity index (χ1n) is 19.0. The summed E-state index contributed by atoms with van der Waals surface area (Å²) in [7, 11) is -6.28. The first-order chi connectivity index (χ1) is 22.6. The summed E-state index contributed by atoms with van der Waals surface area (Å²) >= 11 is 0. The van der Waals surface area contributed by atoms with Gasteiger partial charge in [0.25, 0.3) is 5.69 Å². The van der Waals surface area contributed by atoms with Gasteiger partial charge in [0.15, 0.2) is 25.0 Å². The topological polar surface area (TPSA) is 106 Å². The Bertz CT molecular complexity index is 1240. The van der Waals surface area contributed by atoms with Crippen LogP contribution in [0.25, 0.3) is 0 Å². The highest BCUT2D eigenvalue weighted by Gasteiger charge is 2.52. The van der Waals surface area contributed by atoms with E-state index in [4.69, 9.17) is 13.3 Å². The van der Waals surface area contributed by atoms with Crippen LogP contribution in [0.1, 0.15) is 100 Å². The van der Waals surface area contributed by atoms with Crippen molar-refractivity contribution in [3.05, 3.63) is 33.9 Å². The predicted molar refractivity (Wildman–Crippen MR) is 218 cm³/mol. The van der Waals surface area contributed by atoms with Crippen LogP contribution in [-0.4, -0.2) is 84.4 Å². The Hall–Kier alpha value is -1.13. The number of rotatable bonds is 17. The van der Waals surface area contributed by atoms with Crippen molar-refractivity contribution in [2.75, 3.05) is 31.6 Å². The molecule has 4 atom stereocenters. The maximum absolute atomic E-state index is 11.6. The number of nitro groups is 1. The number of benzene rings is 1. The van der Waals surface area contributed by atoms with Crippen LogP contribution in [-0.2, 0) is 19.9 Å². The van der Waals surface area contributed by atoms with E-state index in [0.29, 0.717) is 30.3 Å². The Balaban J connectivity index is 2.28. The molecule has 0 aliphatic carbocycles. The Labute approximate surface area is 309 Å². The third-order valence-corrected chi connectivity index (χ3v) is 25.7. The van der Waals surface area contributed by atoms with Gasteiger partial charge >= 0.3 is 0 Å². The Morgan fingerprint density at radius 2 is 1.36 bits per heavy atom. The van der Waals surface area contributed by atoms with E-state index < -0.39 is 29.9 Å². The first kappa shape index (κ1) is 45.0. The highest BCUT2D eigenvalue weighted by atomic mass is 28.4. The van der Waals surface area contributed by atoms with Crippen molar-refractivity contribution in [3.63, 3.8) is 0 Å². The molecule has 290 valence electrons. The summed E-state index contributed by atoms with van der Waals surface area (Å²) in [6.45, 7) is 40.4. The highest BCUT2D eigenvalue weighted by molar-refractivity contribution is 6.75. The zero-order valence-corrected chi connectivity index (χ0v) is 37.8. The minimum absolute atomic E-state index is 0.00652. The average molecular weight is 754 g/mol. The molecule has 0 spiro atoms. The number of nitrogens with zero attached hydrogens (tertiary/aromatic N) is 2. The van der Waals surface area contributed by atoms with Gasteiger partial charge in [-0.05, 0) is 91.3 Å². The maximum Gasteiger partial charge on any atom is 0.292 e. The van der Waals surface area contributed by atoms with E-state index in [1.54, 1.807) is 12.1 Å². The molecule has 0 aromatic heterocycles. The molecule has 1 aliphatic heterocycles. The van der Waals surface area contributed by atoms with Crippen molar-refractivity contribution < 1.29 is 23.3 Å². The van der Waals surface area contributed by atoms with Gasteiger partial charge in [0, 0.05) is 19.2 Å². The molecule has 2 rings (SSSR count). The van der Waals surface area contributed by atoms with Crippen molar-refractivity contribution in [1.29, 1.82) is 0 Å². The number of anilines is 1. The lowest BCUT2D eigenvalue weighted by molar-refractivity contribution is -0.384. The number of unbranched alkanes of at least 4 members (excludes halogenated alkanes) is 3. The molecule has 0 saturated carbocycles. The fourth-order valence-corrected chi connectivity index (χ4v) is 9.43. The SMILES string of the molecule is C[C@H]1CN(CCCCCCNc2ccc(CO)cc2[N+](=O)[O-])[C@H](CO[Si](C)(C)C(C)(C)C)[C@@H](O[Si](C)(C)C(C)(C)C)[C@@H]1O[Si](C)(C)C(C)(C)C. The molecule has 1 heterocycles. The van der Waals surface area contributed by atoms with Gasteiger partial charge in [0.05, 0.1) is 36.4 Å². The fraction of sp³-hybridized carbons (Fsp3) is 0.842. The zero-order chi connectivity index (χ0) is 38.5. The molecule has 1 aromatic rings. The van der Waals surface area contributed by atoms with Crippen LogP contribution in [0.5, 0.6) is 0 Å². The van der Waals surface area contributed by atoms with Crippen LogP contribution < -0.4 is 5.32 Å². The normalized spacial score (nSPS) is 21.8. The molecular formula is C38H75N3O6Si3. The van der Waals surface area contributed by atoms with Gasteiger partial charge in [-0.25, -0.2) is 0 Å². The van der Waals surface area contributed by atoms with Crippen LogP contribution in [0.3, 0.4) is 0 Å². The van der Waals surface area contributed by atoms with Crippen LogP contribution >= 0.6 is 0 Å². The lowest BCUT2D eigenvalue weighted by atomic mass is 9.88. The Morgan fingerprint density at radius 3 is 1.86 bits per heavy atom. The number of piperidine rings is 1. The monoisotopic (exact) mass is 753 g/mol. The summed E-state index contributed by atoms with van der Waals surface area (Å²) in [4.78, 5) is 13.8. The number of likely N-dealkylation sites (tertiary alicyclic amines) is 1. The molecule has 1 aliphatic rings. The number of nitrogens with one attached hydrogen (secondary N) is 1. The van der Waals surface area contributed by atoms with Gasteiger partial charge in [0.1, 0.15) is 5.69 Å². The van der Waals surface area contributed by atoms with E-state index in [1.165, 1.54) is 6.07 Å². The average Bonchev–Trinajstić information content (AvgIpc) is 2.96. The molecule has 0 radical (unpaired) electrons. The fourth-order valence-electron chi connectivity index (χ4n) is 5.68. The molecule has 12 heteroatoms. The molecule has 9 nitrogen and oxygen atoms in total. The highest BCUT2D eigenvalue weighted by Crippen LogP contribution is 2.44. The Kier molecular flexibility index (Phi) is 15.6. The van der Waals surface area contributed by atoms with Crippen LogP contribution in [0.15, 0.2) is 18.2 Å². The number of aliphatic hydroxyl groups excluding tert-OH is 1. The number of aliphatic hydroxyl groups is 1. The minimum Gasteiger partial charge on any atom is -0.415 e. The largest absolute Gasteiger partial charge is 0.415 e. The van der Waals surface area contributed by atoms with E-state index in [2.05, 4.69) is 119 Å². The van der Waals surface area contributed by atoms with E-state index in [-0.39, 0.29) is 45.7 Å². The minimum atomic E-state index is -2.16. The second-order valence-corrected chi connectivity index (χ2v) is 33.7. The molecule has 0 unspecified atom stereocenters. The number of nitro benzene ring substituents is 1. The quantitative estimate of drug-likeness (QED) is 0.0701. The summed E-state index contributed by atoms with van der Waals surface area (Å²) in [6, 6.07) is 4.96. The molecule has 1 saturated heterocycles. The summed E-state index contributed by atoms with van der Waals surface area (Å²) in [6.07, 6.45) is 4.03. The van der Waals surface area contributed by atoms with E-state index in [0.717, 1.165) is 38.8 Å². The molecule has 50 heavy (non-hydrogen) atoms. The van der Waals surface area contributed by atoms with Crippen LogP contribution in [0, 0.1) is 16.0 Å². The van der Waals surface area contributed by atoms with Gasteiger partial charge in [0.2, 0.25) is 0 Å². The van der Waals surface area contributed by atoms with Crippen molar-refractivity contribution in [2.24, 2.45) is 5.92 Å². The van der Waals surface area contributed by atoms with Gasteiger partial charge in [-0.3, -0.25) is 15.0 Å². The molecule has 0 bridgehead atoms. The van der Waals surface area contributed by atoms with E-state index in [9.17, 15) is 15.2 Å². The number of hydrogen-bond donors (Lipinski definition) is 2.